The number of benzene rings is 2. The molecule has 3 rings (SSSR count). The van der Waals surface area contributed by atoms with Crippen LogP contribution >= 0.6 is 23.4 Å². The Labute approximate surface area is 143 Å². The Morgan fingerprint density at radius 3 is 2.39 bits per heavy atom. The van der Waals surface area contributed by atoms with Crippen molar-refractivity contribution in [3.05, 3.63) is 70.7 Å². The number of nitrogens with zero attached hydrogens (tertiary/aromatic N) is 1. The molecule has 1 heterocycles. The van der Waals surface area contributed by atoms with Gasteiger partial charge in [-0.1, -0.05) is 54.1 Å². The van der Waals surface area contributed by atoms with Crippen molar-refractivity contribution in [1.29, 1.82) is 0 Å². The minimum atomic E-state index is -1.00. The number of carboxylic acids is 1. The standard InChI is InChI=1S/C17H14ClNO3S/c18-13-9-5-4-8-12(13)15(20)19-14(17(21)22)10-23-16(19)11-6-2-1-3-7-11/h1-9,14,16H,10H2,(H,21,22)/t14-,16-/m1/s1. The molecule has 1 aliphatic rings. The molecule has 0 bridgehead atoms. The largest absolute Gasteiger partial charge is 0.480 e. The molecule has 6 heteroatoms. The molecule has 1 fully saturated rings. The number of carbonyl (C=O) groups excluding carboxylic acids is 1. The van der Waals surface area contributed by atoms with E-state index in [1.807, 2.05) is 30.3 Å². The van der Waals surface area contributed by atoms with Crippen molar-refractivity contribution in [3.8, 4) is 0 Å². The number of hydrogen-bond donors (Lipinski definition) is 1. The highest BCUT2D eigenvalue weighted by Gasteiger charge is 2.42. The molecule has 0 unspecified atom stereocenters. The maximum absolute atomic E-state index is 12.9. The Hall–Kier alpha value is -1.98. The number of aliphatic carboxylic acids is 1. The zero-order valence-corrected chi connectivity index (χ0v) is 13.6. The van der Waals surface area contributed by atoms with Crippen LogP contribution in [0.2, 0.25) is 5.02 Å². The number of rotatable bonds is 3. The van der Waals surface area contributed by atoms with Crippen LogP contribution in [0.4, 0.5) is 0 Å². The minimum absolute atomic E-state index is 0.323. The number of halogens is 1. The highest BCUT2D eigenvalue weighted by molar-refractivity contribution is 7.99. The van der Waals surface area contributed by atoms with E-state index in [4.69, 9.17) is 11.6 Å². The molecule has 1 amide bonds. The van der Waals surface area contributed by atoms with Crippen molar-refractivity contribution in [2.45, 2.75) is 11.4 Å². The van der Waals surface area contributed by atoms with E-state index < -0.39 is 12.0 Å². The van der Waals surface area contributed by atoms with Gasteiger partial charge in [0.2, 0.25) is 0 Å². The van der Waals surface area contributed by atoms with Crippen molar-refractivity contribution >= 4 is 35.2 Å². The molecule has 2 aromatic carbocycles. The van der Waals surface area contributed by atoms with Crippen LogP contribution in [0.1, 0.15) is 21.3 Å². The van der Waals surface area contributed by atoms with Gasteiger partial charge in [0.25, 0.3) is 5.91 Å². The van der Waals surface area contributed by atoms with Crippen LogP contribution < -0.4 is 0 Å². The van der Waals surface area contributed by atoms with Crippen molar-refractivity contribution in [3.63, 3.8) is 0 Å². The summed E-state index contributed by atoms with van der Waals surface area (Å²) in [4.78, 5) is 25.9. The third-order valence-corrected chi connectivity index (χ3v) is 5.36. The van der Waals surface area contributed by atoms with Crippen LogP contribution in [-0.2, 0) is 4.79 Å². The van der Waals surface area contributed by atoms with E-state index in [-0.39, 0.29) is 11.3 Å². The second-order valence-electron chi connectivity index (χ2n) is 5.14. The van der Waals surface area contributed by atoms with Crippen LogP contribution in [-0.4, -0.2) is 33.7 Å². The molecule has 118 valence electrons. The predicted molar refractivity (Wildman–Crippen MR) is 90.7 cm³/mol. The van der Waals surface area contributed by atoms with Gasteiger partial charge in [-0.2, -0.15) is 0 Å². The van der Waals surface area contributed by atoms with Gasteiger partial charge < -0.3 is 10.0 Å². The van der Waals surface area contributed by atoms with Crippen LogP contribution in [0.3, 0.4) is 0 Å². The normalized spacial score (nSPS) is 20.5. The van der Waals surface area contributed by atoms with Gasteiger partial charge in [-0.25, -0.2) is 4.79 Å². The van der Waals surface area contributed by atoms with Crippen molar-refractivity contribution < 1.29 is 14.7 Å². The average Bonchev–Trinajstić information content (AvgIpc) is 3.00. The highest BCUT2D eigenvalue weighted by atomic mass is 35.5. The molecule has 0 spiro atoms. The summed E-state index contributed by atoms with van der Waals surface area (Å²) in [5.41, 5.74) is 1.23. The van der Waals surface area contributed by atoms with Crippen LogP contribution in [0.15, 0.2) is 54.6 Å². The SMILES string of the molecule is O=C(O)[C@H]1CS[C@H](c2ccccc2)N1C(=O)c1ccccc1Cl. The zero-order valence-electron chi connectivity index (χ0n) is 12.1. The summed E-state index contributed by atoms with van der Waals surface area (Å²) in [6.07, 6.45) is 0. The molecule has 4 nitrogen and oxygen atoms in total. The van der Waals surface area contributed by atoms with Crippen LogP contribution in [0.25, 0.3) is 0 Å². The molecular formula is C17H14ClNO3S. The molecule has 2 aromatic rings. The molecule has 1 aliphatic heterocycles. The lowest BCUT2D eigenvalue weighted by Crippen LogP contribution is -2.43. The van der Waals surface area contributed by atoms with Gasteiger partial charge in [-0.05, 0) is 17.7 Å². The number of amides is 1. The van der Waals surface area contributed by atoms with Gasteiger partial charge in [0.1, 0.15) is 11.4 Å². The summed E-state index contributed by atoms with van der Waals surface area (Å²) in [6.45, 7) is 0. The Bertz CT molecular complexity index is 738. The van der Waals surface area contributed by atoms with Crippen molar-refractivity contribution in [1.82, 2.24) is 4.90 Å². The first-order chi connectivity index (χ1) is 11.1. The lowest BCUT2D eigenvalue weighted by atomic mass is 10.1. The molecule has 0 radical (unpaired) electrons. The van der Waals surface area contributed by atoms with Gasteiger partial charge in [0, 0.05) is 5.75 Å². The van der Waals surface area contributed by atoms with Gasteiger partial charge in [0.05, 0.1) is 10.6 Å². The summed E-state index contributed by atoms with van der Waals surface area (Å²) in [5, 5.41) is 9.47. The summed E-state index contributed by atoms with van der Waals surface area (Å²) < 4.78 is 0. The fraction of sp³-hybridized carbons (Fsp3) is 0.176. The molecule has 1 N–H and O–H groups in total. The molecular weight excluding hydrogens is 334 g/mol. The number of carbonyl (C=O) groups is 2. The lowest BCUT2D eigenvalue weighted by Gasteiger charge is -2.28. The Balaban J connectivity index is 2.01. The Morgan fingerprint density at radius 1 is 1.09 bits per heavy atom. The van der Waals surface area contributed by atoms with E-state index in [2.05, 4.69) is 0 Å². The smallest absolute Gasteiger partial charge is 0.327 e. The van der Waals surface area contributed by atoms with Crippen LogP contribution in [0.5, 0.6) is 0 Å². The monoisotopic (exact) mass is 347 g/mol. The quantitative estimate of drug-likeness (QED) is 0.920. The molecule has 0 aliphatic carbocycles. The summed E-state index contributed by atoms with van der Waals surface area (Å²) in [6, 6.07) is 15.3. The molecule has 0 saturated carbocycles. The van der Waals surface area contributed by atoms with E-state index in [9.17, 15) is 14.7 Å². The Kier molecular flexibility index (Phi) is 4.59. The molecule has 2 atom stereocenters. The van der Waals surface area contributed by atoms with Gasteiger partial charge in [0.15, 0.2) is 0 Å². The number of hydrogen-bond acceptors (Lipinski definition) is 3. The van der Waals surface area contributed by atoms with E-state index in [1.165, 1.54) is 16.7 Å². The summed E-state index contributed by atoms with van der Waals surface area (Å²) >= 11 is 7.57. The van der Waals surface area contributed by atoms with E-state index in [0.717, 1.165) is 5.56 Å². The predicted octanol–water partition coefficient (Wildman–Crippen LogP) is 3.68. The third-order valence-electron chi connectivity index (χ3n) is 3.71. The average molecular weight is 348 g/mol. The van der Waals surface area contributed by atoms with Gasteiger partial charge >= 0.3 is 5.97 Å². The number of thioether (sulfide) groups is 1. The fourth-order valence-corrected chi connectivity index (χ4v) is 4.23. The first-order valence-electron chi connectivity index (χ1n) is 7.06. The first kappa shape index (κ1) is 15.9. The highest BCUT2D eigenvalue weighted by Crippen LogP contribution is 2.42. The maximum atomic E-state index is 12.9. The number of carboxylic acid groups (broad SMARTS) is 1. The maximum Gasteiger partial charge on any atom is 0.327 e. The van der Waals surface area contributed by atoms with E-state index >= 15 is 0 Å². The molecule has 23 heavy (non-hydrogen) atoms. The van der Waals surface area contributed by atoms with Crippen molar-refractivity contribution in [2.24, 2.45) is 0 Å². The van der Waals surface area contributed by atoms with Crippen LogP contribution in [0, 0.1) is 0 Å². The molecule has 0 aromatic heterocycles. The second-order valence-corrected chi connectivity index (χ2v) is 6.66. The summed E-state index contributed by atoms with van der Waals surface area (Å²) in [5.74, 6) is -1.01. The van der Waals surface area contributed by atoms with E-state index in [0.29, 0.717) is 16.3 Å². The third kappa shape index (κ3) is 3.07. The fourth-order valence-electron chi connectivity index (χ4n) is 2.59. The van der Waals surface area contributed by atoms with Gasteiger partial charge in [-0.3, -0.25) is 4.79 Å². The van der Waals surface area contributed by atoms with Gasteiger partial charge in [-0.15, -0.1) is 11.8 Å². The minimum Gasteiger partial charge on any atom is -0.480 e. The topological polar surface area (TPSA) is 57.6 Å². The Morgan fingerprint density at radius 2 is 1.74 bits per heavy atom. The first-order valence-corrected chi connectivity index (χ1v) is 8.49. The zero-order chi connectivity index (χ0) is 16.4. The second kappa shape index (κ2) is 6.64. The van der Waals surface area contributed by atoms with Crippen molar-refractivity contribution in [2.75, 3.05) is 5.75 Å². The molecule has 1 saturated heterocycles. The lowest BCUT2D eigenvalue weighted by molar-refractivity contribution is -0.141. The van der Waals surface area contributed by atoms with E-state index in [1.54, 1.807) is 24.3 Å². The summed E-state index contributed by atoms with van der Waals surface area (Å²) in [7, 11) is 0.